The fourth-order valence-corrected chi connectivity index (χ4v) is 2.82. The third kappa shape index (κ3) is 3.09. The van der Waals surface area contributed by atoms with Gasteiger partial charge in [-0.3, -0.25) is 4.90 Å². The van der Waals surface area contributed by atoms with Crippen molar-refractivity contribution >= 4 is 0 Å². The maximum absolute atomic E-state index is 5.44. The van der Waals surface area contributed by atoms with Crippen molar-refractivity contribution in [2.24, 2.45) is 0 Å². The summed E-state index contributed by atoms with van der Waals surface area (Å²) in [7, 11) is 3.48. The van der Waals surface area contributed by atoms with Crippen LogP contribution in [-0.2, 0) is 11.3 Å². The van der Waals surface area contributed by atoms with Crippen molar-refractivity contribution in [2.75, 3.05) is 27.3 Å². The number of aromatic nitrogens is 2. The first-order valence-electron chi connectivity index (χ1n) is 7.22. The summed E-state index contributed by atoms with van der Waals surface area (Å²) in [6, 6.07) is 8.06. The number of benzene rings is 1. The average molecular weight is 287 g/mol. The smallest absolute Gasteiger partial charge is 0.119 e. The van der Waals surface area contributed by atoms with E-state index in [2.05, 4.69) is 22.1 Å². The fraction of sp³-hybridized carbons (Fsp3) is 0.438. The molecule has 1 aliphatic rings. The van der Waals surface area contributed by atoms with Gasteiger partial charge in [0.05, 0.1) is 18.9 Å². The molecule has 1 saturated heterocycles. The van der Waals surface area contributed by atoms with E-state index in [0.29, 0.717) is 6.10 Å². The first kappa shape index (κ1) is 14.1. The van der Waals surface area contributed by atoms with Gasteiger partial charge < -0.3 is 9.47 Å². The molecular weight excluding hydrogens is 266 g/mol. The van der Waals surface area contributed by atoms with Crippen LogP contribution in [0.3, 0.4) is 0 Å². The highest BCUT2D eigenvalue weighted by atomic mass is 16.5. The van der Waals surface area contributed by atoms with E-state index in [1.54, 1.807) is 20.4 Å². The quantitative estimate of drug-likeness (QED) is 0.844. The molecule has 1 aromatic heterocycles. The molecule has 5 nitrogen and oxygen atoms in total. The molecule has 0 N–H and O–H groups in total. The molecule has 3 rings (SSSR count). The molecule has 112 valence electrons. The Bertz CT molecular complexity index is 583. The van der Waals surface area contributed by atoms with Crippen LogP contribution >= 0.6 is 0 Å². The van der Waals surface area contributed by atoms with Crippen LogP contribution in [0.4, 0.5) is 0 Å². The lowest BCUT2D eigenvalue weighted by Crippen LogP contribution is -2.23. The maximum atomic E-state index is 5.44. The third-order valence-corrected chi connectivity index (χ3v) is 3.99. The van der Waals surface area contributed by atoms with Gasteiger partial charge in [0.1, 0.15) is 5.75 Å². The Hall–Kier alpha value is -1.85. The van der Waals surface area contributed by atoms with Crippen LogP contribution in [0.5, 0.6) is 5.75 Å². The summed E-state index contributed by atoms with van der Waals surface area (Å²) in [6.45, 7) is 2.92. The lowest BCUT2D eigenvalue weighted by atomic mass is 10.1. The van der Waals surface area contributed by atoms with E-state index in [0.717, 1.165) is 37.5 Å². The van der Waals surface area contributed by atoms with Gasteiger partial charge in [-0.1, -0.05) is 0 Å². The molecule has 21 heavy (non-hydrogen) atoms. The molecule has 5 heteroatoms. The van der Waals surface area contributed by atoms with Crippen molar-refractivity contribution in [3.8, 4) is 11.4 Å². The lowest BCUT2D eigenvalue weighted by Gasteiger charge is -2.19. The van der Waals surface area contributed by atoms with Crippen LogP contribution in [-0.4, -0.2) is 48.1 Å². The Labute approximate surface area is 125 Å². The van der Waals surface area contributed by atoms with Gasteiger partial charge in [-0.15, -0.1) is 0 Å². The Morgan fingerprint density at radius 3 is 2.90 bits per heavy atom. The Morgan fingerprint density at radius 2 is 2.24 bits per heavy atom. The molecule has 0 spiro atoms. The Morgan fingerprint density at radius 1 is 1.33 bits per heavy atom. The highest BCUT2D eigenvalue weighted by Crippen LogP contribution is 2.24. The first-order chi connectivity index (χ1) is 10.3. The molecule has 0 amide bonds. The monoisotopic (exact) mass is 287 g/mol. The third-order valence-electron chi connectivity index (χ3n) is 3.99. The van der Waals surface area contributed by atoms with Crippen LogP contribution in [0.2, 0.25) is 0 Å². The molecule has 1 fully saturated rings. The zero-order chi connectivity index (χ0) is 14.7. The SMILES string of the molecule is COc1ccc(-n2cccn2)c(CN2CC[C@@H](OC)C2)c1. The van der Waals surface area contributed by atoms with E-state index >= 15 is 0 Å². The summed E-state index contributed by atoms with van der Waals surface area (Å²) >= 11 is 0. The van der Waals surface area contributed by atoms with Gasteiger partial charge in [0, 0.05) is 39.1 Å². The zero-order valence-electron chi connectivity index (χ0n) is 12.5. The van der Waals surface area contributed by atoms with E-state index in [9.17, 15) is 0 Å². The van der Waals surface area contributed by atoms with Crippen molar-refractivity contribution in [1.82, 2.24) is 14.7 Å². The molecule has 1 aliphatic heterocycles. The molecule has 1 atom stereocenters. The highest BCUT2D eigenvalue weighted by molar-refractivity contribution is 5.45. The second-order valence-corrected chi connectivity index (χ2v) is 5.33. The second-order valence-electron chi connectivity index (χ2n) is 5.33. The van der Waals surface area contributed by atoms with Gasteiger partial charge in [-0.25, -0.2) is 4.68 Å². The first-order valence-corrected chi connectivity index (χ1v) is 7.22. The predicted octanol–water partition coefficient (Wildman–Crippen LogP) is 2.10. The van der Waals surface area contributed by atoms with Crippen LogP contribution in [0, 0.1) is 0 Å². The minimum absolute atomic E-state index is 0.351. The summed E-state index contributed by atoms with van der Waals surface area (Å²) in [6.07, 6.45) is 5.21. The van der Waals surface area contributed by atoms with Gasteiger partial charge >= 0.3 is 0 Å². The number of hydrogen-bond acceptors (Lipinski definition) is 4. The summed E-state index contributed by atoms with van der Waals surface area (Å²) in [4.78, 5) is 2.41. The molecular formula is C16H21N3O2. The van der Waals surface area contributed by atoms with E-state index in [1.165, 1.54) is 5.56 Å². The van der Waals surface area contributed by atoms with E-state index in [-0.39, 0.29) is 0 Å². The van der Waals surface area contributed by atoms with Crippen LogP contribution in [0.15, 0.2) is 36.7 Å². The van der Waals surface area contributed by atoms with Crippen molar-refractivity contribution < 1.29 is 9.47 Å². The number of likely N-dealkylation sites (tertiary alicyclic amines) is 1. The standard InChI is InChI=1S/C16H21N3O2/c1-20-14-4-5-16(19-8-3-7-17-19)13(10-14)11-18-9-6-15(12-18)21-2/h3-5,7-8,10,15H,6,9,11-12H2,1-2H3/t15-/m1/s1. The number of ether oxygens (including phenoxy) is 2. The number of rotatable bonds is 5. The molecule has 0 aliphatic carbocycles. The summed E-state index contributed by atoms with van der Waals surface area (Å²) in [5.74, 6) is 0.878. The highest BCUT2D eigenvalue weighted by Gasteiger charge is 2.23. The molecule has 1 aromatic carbocycles. The maximum Gasteiger partial charge on any atom is 0.119 e. The van der Waals surface area contributed by atoms with Crippen LogP contribution in [0.1, 0.15) is 12.0 Å². The molecule has 0 unspecified atom stereocenters. The number of nitrogens with zero attached hydrogens (tertiary/aromatic N) is 3. The molecule has 0 saturated carbocycles. The summed E-state index contributed by atoms with van der Waals surface area (Å²) < 4.78 is 12.7. The van der Waals surface area contributed by atoms with Crippen molar-refractivity contribution in [3.63, 3.8) is 0 Å². The lowest BCUT2D eigenvalue weighted by molar-refractivity contribution is 0.107. The van der Waals surface area contributed by atoms with Gasteiger partial charge in [0.15, 0.2) is 0 Å². The Kier molecular flexibility index (Phi) is 4.22. The average Bonchev–Trinajstić information content (AvgIpc) is 3.18. The number of hydrogen-bond donors (Lipinski definition) is 0. The molecule has 0 bridgehead atoms. The van der Waals surface area contributed by atoms with Crippen LogP contribution in [0.25, 0.3) is 5.69 Å². The van der Waals surface area contributed by atoms with Crippen LogP contribution < -0.4 is 4.74 Å². The van der Waals surface area contributed by atoms with Crippen molar-refractivity contribution in [2.45, 2.75) is 19.1 Å². The van der Waals surface area contributed by atoms with Crippen molar-refractivity contribution in [3.05, 3.63) is 42.2 Å². The molecule has 0 radical (unpaired) electrons. The predicted molar refractivity (Wildman–Crippen MR) is 80.8 cm³/mol. The largest absolute Gasteiger partial charge is 0.497 e. The molecule has 2 heterocycles. The Balaban J connectivity index is 1.85. The van der Waals surface area contributed by atoms with Gasteiger partial charge in [-0.05, 0) is 36.2 Å². The minimum Gasteiger partial charge on any atom is -0.497 e. The summed E-state index contributed by atoms with van der Waals surface area (Å²) in [5, 5.41) is 4.34. The number of methoxy groups -OCH3 is 2. The topological polar surface area (TPSA) is 39.5 Å². The fourth-order valence-electron chi connectivity index (χ4n) is 2.82. The van der Waals surface area contributed by atoms with Gasteiger partial charge in [-0.2, -0.15) is 5.10 Å². The van der Waals surface area contributed by atoms with E-state index in [4.69, 9.17) is 9.47 Å². The van der Waals surface area contributed by atoms with E-state index < -0.39 is 0 Å². The van der Waals surface area contributed by atoms with Gasteiger partial charge in [0.2, 0.25) is 0 Å². The summed E-state index contributed by atoms with van der Waals surface area (Å²) in [5.41, 5.74) is 2.32. The minimum atomic E-state index is 0.351. The normalized spacial score (nSPS) is 19.0. The van der Waals surface area contributed by atoms with Gasteiger partial charge in [0.25, 0.3) is 0 Å². The van der Waals surface area contributed by atoms with Crippen molar-refractivity contribution in [1.29, 1.82) is 0 Å². The zero-order valence-corrected chi connectivity index (χ0v) is 12.5. The molecule has 2 aromatic rings. The van der Waals surface area contributed by atoms with E-state index in [1.807, 2.05) is 23.0 Å². The second kappa shape index (κ2) is 6.28.